The Morgan fingerprint density at radius 1 is 1.18 bits per heavy atom. The molecule has 0 saturated heterocycles. The number of rotatable bonds is 2. The topological polar surface area (TPSA) is 53.8 Å². The Kier molecular flexibility index (Phi) is 4.26. The molecule has 0 amide bonds. The molecule has 2 rings (SSSR count). The molecule has 0 fully saturated rings. The summed E-state index contributed by atoms with van der Waals surface area (Å²) in [6, 6.07) is 4.40. The van der Waals surface area contributed by atoms with E-state index in [9.17, 15) is 9.90 Å². The highest BCUT2D eigenvalue weighted by Gasteiger charge is 2.30. The van der Waals surface area contributed by atoms with Crippen molar-refractivity contribution in [2.24, 2.45) is 0 Å². The van der Waals surface area contributed by atoms with E-state index in [0.29, 0.717) is 13.3 Å². The Balaban J connectivity index is 2.49. The molecule has 1 aliphatic heterocycles. The standard InChI is InChI=1S/C18H27NO3/c1-17(2,3)13-7-12-9-19(10-15(20)21)11-22-16(12)14(8-13)18(4,5)6/h7-8H,9-11H2,1-6H3,(H,20,21). The van der Waals surface area contributed by atoms with Crippen molar-refractivity contribution in [3.8, 4) is 5.75 Å². The van der Waals surface area contributed by atoms with Gasteiger partial charge in [0, 0.05) is 11.1 Å². The van der Waals surface area contributed by atoms with Gasteiger partial charge in [0.15, 0.2) is 0 Å². The van der Waals surface area contributed by atoms with Crippen LogP contribution in [0.2, 0.25) is 0 Å². The first-order chi connectivity index (χ1) is 9.98. The Labute approximate surface area is 133 Å². The highest BCUT2D eigenvalue weighted by Crippen LogP contribution is 2.38. The fraction of sp³-hybridized carbons (Fsp3) is 0.611. The molecule has 1 aromatic rings. The highest BCUT2D eigenvalue weighted by molar-refractivity contribution is 5.65. The Bertz CT molecular complexity index is 579. The fourth-order valence-electron chi connectivity index (χ4n) is 2.79. The lowest BCUT2D eigenvalue weighted by Crippen LogP contribution is -3.13. The van der Waals surface area contributed by atoms with Crippen LogP contribution >= 0.6 is 0 Å². The first-order valence-electron chi connectivity index (χ1n) is 7.82. The van der Waals surface area contributed by atoms with Crippen LogP contribution in [0, 0.1) is 0 Å². The number of aliphatic carboxylic acids is 1. The van der Waals surface area contributed by atoms with E-state index < -0.39 is 5.97 Å². The summed E-state index contributed by atoms with van der Waals surface area (Å²) in [5.41, 5.74) is 3.58. The number of carboxylic acid groups (broad SMARTS) is 1. The van der Waals surface area contributed by atoms with Crippen molar-refractivity contribution in [2.45, 2.75) is 58.9 Å². The number of hydrogen-bond acceptors (Lipinski definition) is 3. The summed E-state index contributed by atoms with van der Waals surface area (Å²) in [7, 11) is 0. The minimum Gasteiger partial charge on any atom is -0.544 e. The molecule has 0 aromatic heterocycles. The molecule has 0 spiro atoms. The molecule has 0 radical (unpaired) electrons. The largest absolute Gasteiger partial charge is 0.544 e. The fourth-order valence-corrected chi connectivity index (χ4v) is 2.79. The van der Waals surface area contributed by atoms with Gasteiger partial charge in [-0.1, -0.05) is 47.6 Å². The molecule has 1 N–H and O–H groups in total. The zero-order chi connectivity index (χ0) is 16.7. The minimum atomic E-state index is -1.04. The second kappa shape index (κ2) is 5.58. The Hall–Kier alpha value is -1.55. The molecule has 0 saturated carbocycles. The number of nitrogens with one attached hydrogen (secondary N) is 1. The van der Waals surface area contributed by atoms with E-state index in [0.717, 1.165) is 16.2 Å². The van der Waals surface area contributed by atoms with Crippen molar-refractivity contribution in [1.82, 2.24) is 0 Å². The minimum absolute atomic E-state index is 0.0167. The van der Waals surface area contributed by atoms with Crippen LogP contribution in [0.4, 0.5) is 0 Å². The highest BCUT2D eigenvalue weighted by atomic mass is 16.5. The van der Waals surface area contributed by atoms with Gasteiger partial charge in [-0.05, 0) is 22.5 Å². The van der Waals surface area contributed by atoms with Gasteiger partial charge >= 0.3 is 0 Å². The normalized spacial score (nSPS) is 18.5. The third kappa shape index (κ3) is 3.61. The molecule has 1 unspecified atom stereocenters. The first-order valence-corrected chi connectivity index (χ1v) is 7.82. The SMILES string of the molecule is CC(C)(C)c1cc2c(c(C(C)(C)C)c1)OC[NH+](CC(=O)[O-])C2. The van der Waals surface area contributed by atoms with E-state index in [4.69, 9.17) is 4.74 Å². The predicted molar refractivity (Wildman–Crippen MR) is 83.9 cm³/mol. The van der Waals surface area contributed by atoms with Gasteiger partial charge in [-0.3, -0.25) is 4.90 Å². The zero-order valence-electron chi connectivity index (χ0n) is 14.5. The van der Waals surface area contributed by atoms with Gasteiger partial charge in [0.1, 0.15) is 18.8 Å². The summed E-state index contributed by atoms with van der Waals surface area (Å²) >= 11 is 0. The van der Waals surface area contributed by atoms with Gasteiger partial charge in [0.2, 0.25) is 6.73 Å². The van der Waals surface area contributed by atoms with Crippen molar-refractivity contribution in [2.75, 3.05) is 13.3 Å². The Morgan fingerprint density at radius 2 is 1.82 bits per heavy atom. The summed E-state index contributed by atoms with van der Waals surface area (Å²) in [5.74, 6) is -0.104. The molecule has 22 heavy (non-hydrogen) atoms. The van der Waals surface area contributed by atoms with E-state index in [-0.39, 0.29) is 17.4 Å². The smallest absolute Gasteiger partial charge is 0.223 e. The lowest BCUT2D eigenvalue weighted by molar-refractivity contribution is -0.927. The van der Waals surface area contributed by atoms with E-state index in [2.05, 4.69) is 53.7 Å². The van der Waals surface area contributed by atoms with Crippen molar-refractivity contribution < 1.29 is 19.5 Å². The van der Waals surface area contributed by atoms with Gasteiger partial charge in [-0.25, -0.2) is 0 Å². The van der Waals surface area contributed by atoms with Crippen LogP contribution in [0.1, 0.15) is 58.2 Å². The number of ether oxygens (including phenoxy) is 1. The summed E-state index contributed by atoms with van der Waals surface area (Å²) < 4.78 is 5.93. The molecule has 122 valence electrons. The van der Waals surface area contributed by atoms with Crippen molar-refractivity contribution >= 4 is 5.97 Å². The van der Waals surface area contributed by atoms with Crippen LogP contribution in [0.5, 0.6) is 5.75 Å². The van der Waals surface area contributed by atoms with Gasteiger partial charge in [0.05, 0.1) is 5.97 Å². The second-order valence-corrected chi connectivity index (χ2v) is 8.28. The first kappa shape index (κ1) is 16.8. The van der Waals surface area contributed by atoms with Crippen molar-refractivity contribution in [3.05, 3.63) is 28.8 Å². The number of carbonyl (C=O) groups excluding carboxylic acids is 1. The molecular formula is C18H27NO3. The maximum Gasteiger partial charge on any atom is 0.223 e. The van der Waals surface area contributed by atoms with Crippen LogP contribution in [0.15, 0.2) is 12.1 Å². The summed E-state index contributed by atoms with van der Waals surface area (Å²) in [6.45, 7) is 14.1. The molecule has 1 atom stereocenters. The average Bonchev–Trinajstić information content (AvgIpc) is 2.34. The number of hydrogen-bond donors (Lipinski definition) is 1. The van der Waals surface area contributed by atoms with E-state index in [1.54, 1.807) is 0 Å². The summed E-state index contributed by atoms with van der Waals surface area (Å²) in [4.78, 5) is 11.7. The third-order valence-corrected chi connectivity index (χ3v) is 4.10. The molecule has 1 heterocycles. The molecule has 0 bridgehead atoms. The van der Waals surface area contributed by atoms with E-state index in [1.807, 2.05) is 0 Å². The maximum absolute atomic E-state index is 10.8. The van der Waals surface area contributed by atoms with Crippen molar-refractivity contribution in [3.63, 3.8) is 0 Å². The molecular weight excluding hydrogens is 278 g/mol. The second-order valence-electron chi connectivity index (χ2n) is 8.28. The van der Waals surface area contributed by atoms with Gasteiger partial charge in [-0.15, -0.1) is 0 Å². The number of benzene rings is 1. The van der Waals surface area contributed by atoms with Crippen LogP contribution in [-0.4, -0.2) is 19.2 Å². The quantitative estimate of drug-likeness (QED) is 0.878. The number of fused-ring (bicyclic) bond motifs is 1. The average molecular weight is 305 g/mol. The summed E-state index contributed by atoms with van der Waals surface area (Å²) in [5, 5.41) is 10.8. The Morgan fingerprint density at radius 3 is 2.32 bits per heavy atom. The van der Waals surface area contributed by atoms with Gasteiger partial charge in [-0.2, -0.15) is 0 Å². The monoisotopic (exact) mass is 305 g/mol. The van der Waals surface area contributed by atoms with Crippen LogP contribution in [0.3, 0.4) is 0 Å². The van der Waals surface area contributed by atoms with Gasteiger partial charge in [0.25, 0.3) is 0 Å². The van der Waals surface area contributed by atoms with E-state index >= 15 is 0 Å². The number of carbonyl (C=O) groups is 1. The van der Waals surface area contributed by atoms with Crippen LogP contribution in [-0.2, 0) is 22.2 Å². The lowest BCUT2D eigenvalue weighted by atomic mass is 9.78. The number of quaternary nitrogens is 1. The lowest BCUT2D eigenvalue weighted by Gasteiger charge is -2.33. The molecule has 1 aromatic carbocycles. The molecule has 4 heteroatoms. The summed E-state index contributed by atoms with van der Waals surface area (Å²) in [6.07, 6.45) is 0. The maximum atomic E-state index is 10.8. The van der Waals surface area contributed by atoms with Crippen molar-refractivity contribution in [1.29, 1.82) is 0 Å². The van der Waals surface area contributed by atoms with Crippen LogP contribution in [0.25, 0.3) is 0 Å². The van der Waals surface area contributed by atoms with Gasteiger partial charge < -0.3 is 14.6 Å². The van der Waals surface area contributed by atoms with Crippen LogP contribution < -0.4 is 14.7 Å². The molecule has 4 nitrogen and oxygen atoms in total. The molecule has 1 aliphatic rings. The van der Waals surface area contributed by atoms with E-state index in [1.165, 1.54) is 11.1 Å². The predicted octanol–water partition coefficient (Wildman–Crippen LogP) is 0.766. The third-order valence-electron chi connectivity index (χ3n) is 4.10. The molecule has 0 aliphatic carbocycles. The zero-order valence-corrected chi connectivity index (χ0v) is 14.5. The number of carboxylic acids is 1.